The molecule has 0 aliphatic carbocycles. The van der Waals surface area contributed by atoms with E-state index in [2.05, 4.69) is 0 Å². The van der Waals surface area contributed by atoms with Crippen LogP contribution in [0.2, 0.25) is 0 Å². The Balaban J connectivity index is 2.87. The molecular formula is C15H25NO4. The van der Waals surface area contributed by atoms with E-state index in [-0.39, 0.29) is 11.8 Å². The van der Waals surface area contributed by atoms with Crippen LogP contribution in [0, 0.1) is 16.2 Å². The second kappa shape index (κ2) is 4.86. The molecule has 20 heavy (non-hydrogen) atoms. The molecule has 1 heterocycles. The first kappa shape index (κ1) is 16.7. The van der Waals surface area contributed by atoms with Gasteiger partial charge < -0.3 is 4.84 Å². The average Bonchev–Trinajstić information content (AvgIpc) is 2.42. The Morgan fingerprint density at radius 1 is 1.10 bits per heavy atom. The van der Waals surface area contributed by atoms with Crippen molar-refractivity contribution in [2.75, 3.05) is 0 Å². The van der Waals surface area contributed by atoms with Crippen LogP contribution in [0.3, 0.4) is 0 Å². The fourth-order valence-corrected chi connectivity index (χ4v) is 1.87. The number of carbonyl (C=O) groups excluding carboxylic acids is 3. The number of hydrogen-bond acceptors (Lipinski definition) is 4. The van der Waals surface area contributed by atoms with Crippen molar-refractivity contribution in [3.05, 3.63) is 0 Å². The molecule has 5 heteroatoms. The van der Waals surface area contributed by atoms with Crippen LogP contribution in [0.25, 0.3) is 0 Å². The molecule has 1 fully saturated rings. The van der Waals surface area contributed by atoms with Gasteiger partial charge in [-0.25, -0.2) is 4.79 Å². The molecule has 0 radical (unpaired) electrons. The van der Waals surface area contributed by atoms with Crippen molar-refractivity contribution in [3.8, 4) is 0 Å². The summed E-state index contributed by atoms with van der Waals surface area (Å²) in [6.45, 7) is 12.6. The Morgan fingerprint density at radius 3 is 1.85 bits per heavy atom. The van der Waals surface area contributed by atoms with Crippen molar-refractivity contribution in [1.29, 1.82) is 0 Å². The number of rotatable bonds is 4. The van der Waals surface area contributed by atoms with Gasteiger partial charge in [-0.3, -0.25) is 9.59 Å². The lowest BCUT2D eigenvalue weighted by atomic mass is 9.70. The summed E-state index contributed by atoms with van der Waals surface area (Å²) in [5, 5.41) is 0.647. The van der Waals surface area contributed by atoms with Gasteiger partial charge in [0, 0.05) is 0 Å². The van der Waals surface area contributed by atoms with E-state index in [9.17, 15) is 14.4 Å². The first-order valence-electron chi connectivity index (χ1n) is 6.96. The van der Waals surface area contributed by atoms with E-state index in [1.54, 1.807) is 27.7 Å². The monoisotopic (exact) mass is 283 g/mol. The molecule has 0 N–H and O–H groups in total. The first-order valence-corrected chi connectivity index (χ1v) is 6.96. The molecule has 0 atom stereocenters. The van der Waals surface area contributed by atoms with E-state index in [0.29, 0.717) is 5.06 Å². The highest BCUT2D eigenvalue weighted by atomic mass is 16.7. The molecule has 1 saturated heterocycles. The predicted octanol–water partition coefficient (Wildman–Crippen LogP) is 2.69. The normalized spacial score (nSPS) is 21.2. The van der Waals surface area contributed by atoms with Crippen LogP contribution in [-0.2, 0) is 19.2 Å². The number of nitrogens with zero attached hydrogens (tertiary/aromatic N) is 1. The molecule has 114 valence electrons. The van der Waals surface area contributed by atoms with Gasteiger partial charge in [0.1, 0.15) is 0 Å². The quantitative estimate of drug-likeness (QED) is 0.744. The van der Waals surface area contributed by atoms with Crippen molar-refractivity contribution in [2.24, 2.45) is 16.2 Å². The maximum atomic E-state index is 12.3. The summed E-state index contributed by atoms with van der Waals surface area (Å²) in [5.74, 6) is -1.47. The summed E-state index contributed by atoms with van der Waals surface area (Å²) in [6.07, 6.45) is 0.975. The lowest BCUT2D eigenvalue weighted by Crippen LogP contribution is -2.36. The molecule has 1 aliphatic rings. The first-order chi connectivity index (χ1) is 8.87. The van der Waals surface area contributed by atoms with E-state index in [1.165, 1.54) is 0 Å². The van der Waals surface area contributed by atoms with Gasteiger partial charge in [-0.2, -0.15) is 0 Å². The lowest BCUT2D eigenvalue weighted by Gasteiger charge is -2.27. The summed E-state index contributed by atoms with van der Waals surface area (Å²) < 4.78 is 0. The van der Waals surface area contributed by atoms with Crippen LogP contribution in [0.4, 0.5) is 0 Å². The largest absolute Gasteiger partial charge is 0.333 e. The topological polar surface area (TPSA) is 63.7 Å². The molecule has 0 spiro atoms. The molecular weight excluding hydrogens is 258 g/mol. The molecule has 5 nitrogen and oxygen atoms in total. The smallest absolute Gasteiger partial charge is 0.330 e. The second-order valence-electron chi connectivity index (χ2n) is 7.31. The SMILES string of the molecule is CCC(C)(C)CC(=O)ON1C(=O)C(C)(C)C(C)(C)C1=O. The van der Waals surface area contributed by atoms with Gasteiger partial charge in [0.05, 0.1) is 17.3 Å². The second-order valence-corrected chi connectivity index (χ2v) is 7.31. The highest BCUT2D eigenvalue weighted by Gasteiger charge is 2.61. The summed E-state index contributed by atoms with van der Waals surface area (Å²) in [6, 6.07) is 0. The van der Waals surface area contributed by atoms with E-state index < -0.39 is 28.6 Å². The van der Waals surface area contributed by atoms with Crippen LogP contribution in [0.1, 0.15) is 61.3 Å². The minimum Gasteiger partial charge on any atom is -0.330 e. The molecule has 0 bridgehead atoms. The lowest BCUT2D eigenvalue weighted by molar-refractivity contribution is -0.201. The van der Waals surface area contributed by atoms with Crippen LogP contribution in [0.15, 0.2) is 0 Å². The molecule has 0 aromatic carbocycles. The van der Waals surface area contributed by atoms with Crippen molar-refractivity contribution in [3.63, 3.8) is 0 Å². The third-order valence-corrected chi connectivity index (χ3v) is 4.77. The Hall–Kier alpha value is -1.39. The van der Waals surface area contributed by atoms with Crippen molar-refractivity contribution in [1.82, 2.24) is 5.06 Å². The highest BCUT2D eigenvalue weighted by molar-refractivity contribution is 6.08. The van der Waals surface area contributed by atoms with Gasteiger partial charge in [-0.1, -0.05) is 27.2 Å². The molecule has 2 amide bonds. The standard InChI is InChI=1S/C15H25NO4/c1-8-13(2,3)9-10(17)20-16-11(18)14(4,5)15(6,7)12(16)19/h8-9H2,1-7H3. The molecule has 0 aromatic heterocycles. The van der Waals surface area contributed by atoms with E-state index in [4.69, 9.17) is 4.84 Å². The Kier molecular flexibility index (Phi) is 4.05. The zero-order valence-corrected chi connectivity index (χ0v) is 13.5. The Labute approximate surface area is 120 Å². The zero-order chi connectivity index (χ0) is 15.9. The molecule has 0 unspecified atom stereocenters. The maximum Gasteiger partial charge on any atom is 0.333 e. The van der Waals surface area contributed by atoms with Crippen molar-refractivity contribution >= 4 is 17.8 Å². The van der Waals surface area contributed by atoms with Crippen LogP contribution in [-0.4, -0.2) is 22.8 Å². The van der Waals surface area contributed by atoms with Gasteiger partial charge in [-0.15, -0.1) is 5.06 Å². The van der Waals surface area contributed by atoms with E-state index in [1.807, 2.05) is 20.8 Å². The van der Waals surface area contributed by atoms with Gasteiger partial charge >= 0.3 is 5.97 Å². The molecule has 0 saturated carbocycles. The number of hydrogen-bond donors (Lipinski definition) is 0. The number of hydroxylamine groups is 2. The third kappa shape index (κ3) is 2.58. The predicted molar refractivity (Wildman–Crippen MR) is 74.2 cm³/mol. The molecule has 1 rings (SSSR count). The number of imide groups is 1. The maximum absolute atomic E-state index is 12.3. The van der Waals surface area contributed by atoms with Crippen LogP contribution >= 0.6 is 0 Å². The Bertz CT molecular complexity index is 423. The zero-order valence-electron chi connectivity index (χ0n) is 13.5. The Morgan fingerprint density at radius 2 is 1.50 bits per heavy atom. The van der Waals surface area contributed by atoms with Gasteiger partial charge in [0.25, 0.3) is 11.8 Å². The average molecular weight is 283 g/mol. The van der Waals surface area contributed by atoms with Gasteiger partial charge in [0.2, 0.25) is 0 Å². The minimum absolute atomic E-state index is 0.168. The van der Waals surface area contributed by atoms with E-state index in [0.717, 1.165) is 6.42 Å². The summed E-state index contributed by atoms with van der Waals surface area (Å²) in [5.41, 5.74) is -1.98. The van der Waals surface area contributed by atoms with Crippen LogP contribution in [0.5, 0.6) is 0 Å². The number of amides is 2. The minimum atomic E-state index is -0.884. The summed E-state index contributed by atoms with van der Waals surface area (Å²) in [4.78, 5) is 41.5. The number of carbonyl (C=O) groups is 3. The third-order valence-electron chi connectivity index (χ3n) is 4.77. The molecule has 0 aromatic rings. The molecule has 1 aliphatic heterocycles. The van der Waals surface area contributed by atoms with Crippen molar-refractivity contribution in [2.45, 2.75) is 61.3 Å². The highest BCUT2D eigenvalue weighted by Crippen LogP contribution is 2.47. The fourth-order valence-electron chi connectivity index (χ4n) is 1.87. The van der Waals surface area contributed by atoms with Crippen molar-refractivity contribution < 1.29 is 19.2 Å². The van der Waals surface area contributed by atoms with E-state index >= 15 is 0 Å². The van der Waals surface area contributed by atoms with Gasteiger partial charge in [-0.05, 0) is 33.1 Å². The summed E-state index contributed by atoms with van der Waals surface area (Å²) in [7, 11) is 0. The van der Waals surface area contributed by atoms with Gasteiger partial charge in [0.15, 0.2) is 0 Å². The fraction of sp³-hybridized carbons (Fsp3) is 0.800. The van der Waals surface area contributed by atoms with Crippen LogP contribution < -0.4 is 0 Å². The summed E-state index contributed by atoms with van der Waals surface area (Å²) >= 11 is 0.